The van der Waals surface area contributed by atoms with E-state index < -0.39 is 5.97 Å². The molecule has 0 unspecified atom stereocenters. The fourth-order valence-corrected chi connectivity index (χ4v) is 3.48. The van der Waals surface area contributed by atoms with Crippen molar-refractivity contribution in [2.45, 2.75) is 33.9 Å². The number of carbonyl (C=O) groups excluding carboxylic acids is 1. The highest BCUT2D eigenvalue weighted by molar-refractivity contribution is 6.07. The summed E-state index contributed by atoms with van der Waals surface area (Å²) in [5, 5.41) is 0.387. The Morgan fingerprint density at radius 2 is 1.81 bits per heavy atom. The van der Waals surface area contributed by atoms with Crippen molar-refractivity contribution < 1.29 is 23.4 Å². The Morgan fingerprint density at radius 3 is 2.45 bits per heavy atom. The normalized spacial score (nSPS) is 11.2. The summed E-state index contributed by atoms with van der Waals surface area (Å²) in [5.74, 6) is 1.96. The maximum Gasteiger partial charge on any atom is 0.342 e. The molecule has 2 N–H and O–H groups in total. The van der Waals surface area contributed by atoms with Crippen LogP contribution in [0.4, 0.5) is 5.82 Å². The van der Waals surface area contributed by atoms with Crippen LogP contribution >= 0.6 is 0 Å². The van der Waals surface area contributed by atoms with Crippen molar-refractivity contribution in [3.63, 3.8) is 0 Å². The van der Waals surface area contributed by atoms with Crippen LogP contribution in [0.25, 0.3) is 11.1 Å². The van der Waals surface area contributed by atoms with Gasteiger partial charge in [0.05, 0.1) is 32.8 Å². The van der Waals surface area contributed by atoms with Crippen molar-refractivity contribution in [3.05, 3.63) is 40.4 Å². The molecule has 3 rings (SSSR count). The molecule has 0 amide bonds. The number of ether oxygens (including phenoxy) is 3. The fraction of sp³-hybridized carbons (Fsp3) is 0.409. The lowest BCUT2D eigenvalue weighted by molar-refractivity contribution is 0.0526. The number of aryl methyl sites for hydroxylation is 2. The molecule has 0 bridgehead atoms. The minimum absolute atomic E-state index is 0.190. The molecule has 0 atom stereocenters. The number of methoxy groups -OCH3 is 2. The van der Waals surface area contributed by atoms with Gasteiger partial charge in [-0.25, -0.2) is 9.78 Å². The summed E-state index contributed by atoms with van der Waals surface area (Å²) in [5.41, 5.74) is 8.88. The van der Waals surface area contributed by atoms with Gasteiger partial charge in [-0.2, -0.15) is 4.98 Å². The van der Waals surface area contributed by atoms with E-state index in [2.05, 4.69) is 14.9 Å². The molecular weight excluding hydrogens is 400 g/mol. The summed E-state index contributed by atoms with van der Waals surface area (Å²) in [4.78, 5) is 23.2. The summed E-state index contributed by atoms with van der Waals surface area (Å²) in [7, 11) is 5.18. The maximum absolute atomic E-state index is 12.3. The molecule has 31 heavy (non-hydrogen) atoms. The Bertz CT molecular complexity index is 1110. The monoisotopic (exact) mass is 428 g/mol. The Labute approximate surface area is 181 Å². The van der Waals surface area contributed by atoms with Crippen molar-refractivity contribution in [3.8, 4) is 11.5 Å². The Balaban J connectivity index is 1.85. The molecule has 9 nitrogen and oxygen atoms in total. The van der Waals surface area contributed by atoms with Gasteiger partial charge in [0.1, 0.15) is 23.0 Å². The molecule has 0 saturated heterocycles. The minimum atomic E-state index is -0.497. The maximum atomic E-state index is 12.3. The number of nitrogen functional groups attached to an aromatic ring is 1. The quantitative estimate of drug-likeness (QED) is 0.540. The number of anilines is 1. The number of nitrogens with zero attached hydrogens (tertiary/aromatic N) is 3. The third-order valence-electron chi connectivity index (χ3n) is 4.98. The van der Waals surface area contributed by atoms with E-state index in [0.29, 0.717) is 41.6 Å². The van der Waals surface area contributed by atoms with Crippen molar-refractivity contribution in [1.29, 1.82) is 0 Å². The zero-order chi connectivity index (χ0) is 22.7. The standard InChI is InChI=1S/C22H28N4O5/c1-7-30-22(27)18-13(3)31-21-19(18)20(23)24-17(25-21)11-26(4)10-14-9-16(29-6)15(28-5)8-12(14)2/h8-9H,7,10-11H2,1-6H3,(H2,23,24,25). The van der Waals surface area contributed by atoms with Gasteiger partial charge in [0.25, 0.3) is 0 Å². The van der Waals surface area contributed by atoms with E-state index in [0.717, 1.165) is 11.1 Å². The summed E-state index contributed by atoms with van der Waals surface area (Å²) >= 11 is 0. The van der Waals surface area contributed by atoms with Crippen molar-refractivity contribution in [1.82, 2.24) is 14.9 Å². The molecule has 2 heterocycles. The van der Waals surface area contributed by atoms with Gasteiger partial charge < -0.3 is 24.4 Å². The highest BCUT2D eigenvalue weighted by Gasteiger charge is 2.24. The molecule has 2 aromatic heterocycles. The summed E-state index contributed by atoms with van der Waals surface area (Å²) in [6, 6.07) is 3.91. The average Bonchev–Trinajstić information content (AvgIpc) is 3.05. The van der Waals surface area contributed by atoms with Gasteiger partial charge in [-0.05, 0) is 51.1 Å². The van der Waals surface area contributed by atoms with Crippen LogP contribution in [0.2, 0.25) is 0 Å². The predicted molar refractivity (Wildman–Crippen MR) is 116 cm³/mol. The van der Waals surface area contributed by atoms with Crippen LogP contribution in [0, 0.1) is 13.8 Å². The van der Waals surface area contributed by atoms with E-state index in [4.69, 9.17) is 24.4 Å². The number of nitrogens with two attached hydrogens (primary N) is 1. The zero-order valence-corrected chi connectivity index (χ0v) is 18.7. The lowest BCUT2D eigenvalue weighted by Gasteiger charge is -2.19. The molecule has 0 aliphatic carbocycles. The van der Waals surface area contributed by atoms with E-state index in [9.17, 15) is 4.79 Å². The van der Waals surface area contributed by atoms with Crippen LogP contribution < -0.4 is 15.2 Å². The minimum Gasteiger partial charge on any atom is -0.493 e. The molecule has 166 valence electrons. The number of fused-ring (bicyclic) bond motifs is 1. The second kappa shape index (κ2) is 9.22. The van der Waals surface area contributed by atoms with Crippen LogP contribution in [0.3, 0.4) is 0 Å². The van der Waals surface area contributed by atoms with Gasteiger partial charge in [0, 0.05) is 6.54 Å². The summed E-state index contributed by atoms with van der Waals surface area (Å²) in [6.07, 6.45) is 0. The average molecular weight is 428 g/mol. The summed E-state index contributed by atoms with van der Waals surface area (Å²) in [6.45, 7) is 6.77. The number of aromatic nitrogens is 2. The lowest BCUT2D eigenvalue weighted by atomic mass is 10.1. The predicted octanol–water partition coefficient (Wildman–Crippen LogP) is 3.25. The van der Waals surface area contributed by atoms with E-state index in [1.807, 2.05) is 26.1 Å². The van der Waals surface area contributed by atoms with Crippen LogP contribution in [0.15, 0.2) is 16.5 Å². The molecule has 0 aliphatic rings. The van der Waals surface area contributed by atoms with E-state index in [1.54, 1.807) is 28.1 Å². The Hall–Kier alpha value is -3.33. The van der Waals surface area contributed by atoms with Gasteiger partial charge in [0.2, 0.25) is 5.71 Å². The van der Waals surface area contributed by atoms with E-state index >= 15 is 0 Å². The van der Waals surface area contributed by atoms with Gasteiger partial charge in [-0.3, -0.25) is 4.90 Å². The molecule has 0 fully saturated rings. The van der Waals surface area contributed by atoms with E-state index in [1.165, 1.54) is 0 Å². The first-order valence-corrected chi connectivity index (χ1v) is 9.91. The highest BCUT2D eigenvalue weighted by atomic mass is 16.5. The Morgan fingerprint density at radius 1 is 1.13 bits per heavy atom. The SMILES string of the molecule is CCOC(=O)c1c(C)oc2nc(CN(C)Cc3cc(OC)c(OC)cc3C)nc(N)c12. The lowest BCUT2D eigenvalue weighted by Crippen LogP contribution is -2.20. The van der Waals surface area contributed by atoms with Crippen molar-refractivity contribution in [2.75, 3.05) is 33.6 Å². The summed E-state index contributed by atoms with van der Waals surface area (Å²) < 4.78 is 21.5. The first-order chi connectivity index (χ1) is 14.8. The topological polar surface area (TPSA) is 113 Å². The number of furan rings is 1. The van der Waals surface area contributed by atoms with Gasteiger partial charge in [0.15, 0.2) is 11.5 Å². The van der Waals surface area contributed by atoms with Crippen LogP contribution in [-0.4, -0.2) is 48.7 Å². The largest absolute Gasteiger partial charge is 0.493 e. The highest BCUT2D eigenvalue weighted by Crippen LogP contribution is 2.31. The van der Waals surface area contributed by atoms with Gasteiger partial charge in [-0.1, -0.05) is 0 Å². The number of benzene rings is 1. The molecular formula is C22H28N4O5. The van der Waals surface area contributed by atoms with Gasteiger partial charge >= 0.3 is 5.97 Å². The van der Waals surface area contributed by atoms with Crippen LogP contribution in [0.1, 0.15) is 40.0 Å². The van der Waals surface area contributed by atoms with Crippen LogP contribution in [-0.2, 0) is 17.8 Å². The number of carbonyl (C=O) groups is 1. The number of esters is 1. The molecule has 0 aliphatic heterocycles. The number of hydrogen-bond acceptors (Lipinski definition) is 9. The van der Waals surface area contributed by atoms with Crippen molar-refractivity contribution in [2.24, 2.45) is 0 Å². The molecule has 0 radical (unpaired) electrons. The van der Waals surface area contributed by atoms with Gasteiger partial charge in [-0.15, -0.1) is 0 Å². The second-order valence-corrected chi connectivity index (χ2v) is 7.26. The molecule has 9 heteroatoms. The number of hydrogen-bond donors (Lipinski definition) is 1. The third-order valence-corrected chi connectivity index (χ3v) is 4.98. The van der Waals surface area contributed by atoms with Crippen LogP contribution in [0.5, 0.6) is 11.5 Å². The molecule has 3 aromatic rings. The van der Waals surface area contributed by atoms with E-state index in [-0.39, 0.29) is 23.7 Å². The second-order valence-electron chi connectivity index (χ2n) is 7.26. The fourth-order valence-electron chi connectivity index (χ4n) is 3.48. The first-order valence-electron chi connectivity index (χ1n) is 9.91. The molecule has 0 spiro atoms. The number of rotatable bonds is 8. The Kier molecular flexibility index (Phi) is 6.65. The first kappa shape index (κ1) is 22.4. The molecule has 0 saturated carbocycles. The zero-order valence-electron chi connectivity index (χ0n) is 18.7. The third kappa shape index (κ3) is 4.56. The smallest absolute Gasteiger partial charge is 0.342 e. The molecule has 1 aromatic carbocycles. The van der Waals surface area contributed by atoms with Crippen molar-refractivity contribution >= 4 is 22.9 Å².